The summed E-state index contributed by atoms with van der Waals surface area (Å²) in [6.07, 6.45) is -3.04. The first-order chi connectivity index (χ1) is 21.3. The highest BCUT2D eigenvalue weighted by Crippen LogP contribution is 2.39. The van der Waals surface area contributed by atoms with Crippen molar-refractivity contribution in [2.75, 3.05) is 5.32 Å². The standard InChI is InChI=1S/C31H19ClF5N5O2S/c1-2-24-19(4-6-25-38-13-39-42(24)25)14-9-21-26(28(45)27(41-30(21)44)20-12-17(33)3-5-22(20)32)23(10-14)40-29(43)15-7-16(31(35,36)37)11-18(34)8-15/h3-13,27H,2H2,1H3,(H,40,43)(H,41,44)/t27-/m1/s1. The Bertz CT molecular complexity index is 2060. The van der Waals surface area contributed by atoms with Crippen LogP contribution in [-0.2, 0) is 12.6 Å². The number of pyridine rings is 1. The maximum atomic E-state index is 14.2. The Morgan fingerprint density at radius 1 is 1.04 bits per heavy atom. The quantitative estimate of drug-likeness (QED) is 0.153. The van der Waals surface area contributed by atoms with Crippen LogP contribution in [0, 0.1) is 11.6 Å². The molecule has 0 saturated heterocycles. The molecule has 2 amide bonds. The molecule has 1 atom stereocenters. The molecular weight excluding hydrogens is 637 g/mol. The number of aryl methyl sites for hydroxylation is 1. The molecule has 7 nitrogen and oxygen atoms in total. The van der Waals surface area contributed by atoms with Crippen molar-refractivity contribution in [3.63, 3.8) is 0 Å². The number of carbonyl (C=O) groups excluding carboxylic acids is 2. The van der Waals surface area contributed by atoms with E-state index in [0.29, 0.717) is 41.0 Å². The molecule has 0 fully saturated rings. The van der Waals surface area contributed by atoms with Crippen LogP contribution in [0.1, 0.15) is 56.1 Å². The van der Waals surface area contributed by atoms with Crippen molar-refractivity contribution in [1.29, 1.82) is 0 Å². The smallest absolute Gasteiger partial charge is 0.340 e. The van der Waals surface area contributed by atoms with Gasteiger partial charge < -0.3 is 10.6 Å². The van der Waals surface area contributed by atoms with Gasteiger partial charge in [0.25, 0.3) is 11.8 Å². The average Bonchev–Trinajstić information content (AvgIpc) is 3.48. The van der Waals surface area contributed by atoms with Crippen molar-refractivity contribution in [3.8, 4) is 11.1 Å². The Kier molecular flexibility index (Phi) is 7.61. The van der Waals surface area contributed by atoms with Gasteiger partial charge in [0.15, 0.2) is 5.65 Å². The number of aromatic nitrogens is 3. The Labute approximate surface area is 262 Å². The van der Waals surface area contributed by atoms with E-state index >= 15 is 0 Å². The number of thiocarbonyl (C=S) groups is 1. The third-order valence-corrected chi connectivity index (χ3v) is 8.14. The van der Waals surface area contributed by atoms with Gasteiger partial charge in [0.05, 0.1) is 33.4 Å². The summed E-state index contributed by atoms with van der Waals surface area (Å²) in [4.78, 5) is 31.2. The number of benzene rings is 3. The number of hydrogen-bond donors (Lipinski definition) is 2. The first-order valence-corrected chi connectivity index (χ1v) is 14.1. The van der Waals surface area contributed by atoms with E-state index in [0.717, 1.165) is 12.1 Å². The van der Waals surface area contributed by atoms with E-state index in [1.807, 2.05) is 6.92 Å². The zero-order chi connectivity index (χ0) is 32.2. The third-order valence-electron chi connectivity index (χ3n) is 7.36. The largest absolute Gasteiger partial charge is 0.416 e. The molecule has 1 aliphatic heterocycles. The van der Waals surface area contributed by atoms with Crippen LogP contribution in [0.5, 0.6) is 0 Å². The molecule has 228 valence electrons. The molecule has 6 rings (SSSR count). The van der Waals surface area contributed by atoms with E-state index in [4.69, 9.17) is 23.8 Å². The summed E-state index contributed by atoms with van der Waals surface area (Å²) in [6, 6.07) is 10.4. The van der Waals surface area contributed by atoms with Crippen LogP contribution < -0.4 is 10.6 Å². The second kappa shape index (κ2) is 11.3. The second-order valence-electron chi connectivity index (χ2n) is 10.1. The number of halogens is 6. The molecule has 0 spiro atoms. The predicted molar refractivity (Wildman–Crippen MR) is 160 cm³/mol. The van der Waals surface area contributed by atoms with Crippen molar-refractivity contribution in [2.45, 2.75) is 25.6 Å². The van der Waals surface area contributed by atoms with Crippen LogP contribution in [0.15, 0.2) is 67.0 Å². The number of rotatable bonds is 5. The molecule has 1 aliphatic rings. The predicted octanol–water partition coefficient (Wildman–Crippen LogP) is 7.36. The minimum atomic E-state index is -4.91. The van der Waals surface area contributed by atoms with Gasteiger partial charge in [0, 0.05) is 27.3 Å². The Hall–Kier alpha value is -4.75. The second-order valence-corrected chi connectivity index (χ2v) is 11.0. The molecule has 3 heterocycles. The van der Waals surface area contributed by atoms with Gasteiger partial charge in [-0.05, 0) is 72.6 Å². The van der Waals surface area contributed by atoms with Crippen molar-refractivity contribution in [3.05, 3.63) is 117 Å². The summed E-state index contributed by atoms with van der Waals surface area (Å²) in [7, 11) is 0. The van der Waals surface area contributed by atoms with Gasteiger partial charge in [-0.2, -0.15) is 18.3 Å². The fourth-order valence-electron chi connectivity index (χ4n) is 5.34. The van der Waals surface area contributed by atoms with Crippen molar-refractivity contribution < 1.29 is 31.5 Å². The number of nitrogens with one attached hydrogen (secondary N) is 2. The van der Waals surface area contributed by atoms with E-state index in [1.54, 1.807) is 22.7 Å². The van der Waals surface area contributed by atoms with E-state index in [-0.39, 0.29) is 38.3 Å². The van der Waals surface area contributed by atoms with Crippen molar-refractivity contribution in [2.24, 2.45) is 0 Å². The lowest BCUT2D eigenvalue weighted by molar-refractivity contribution is -0.137. The molecule has 2 aromatic heterocycles. The lowest BCUT2D eigenvalue weighted by Gasteiger charge is -2.30. The fraction of sp³-hybridized carbons (Fsp3) is 0.129. The van der Waals surface area contributed by atoms with Gasteiger partial charge in [-0.15, -0.1) is 0 Å². The zero-order valence-electron chi connectivity index (χ0n) is 23.0. The minimum Gasteiger partial charge on any atom is -0.340 e. The minimum absolute atomic E-state index is 0.0348. The Morgan fingerprint density at radius 3 is 2.56 bits per heavy atom. The van der Waals surface area contributed by atoms with E-state index < -0.39 is 46.8 Å². The average molecular weight is 656 g/mol. The number of fused-ring (bicyclic) bond motifs is 2. The van der Waals surface area contributed by atoms with Gasteiger partial charge in [-0.25, -0.2) is 18.3 Å². The first kappa shape index (κ1) is 30.3. The number of amides is 2. The number of anilines is 1. The summed E-state index contributed by atoms with van der Waals surface area (Å²) in [5.41, 5.74) is 0.601. The van der Waals surface area contributed by atoms with Crippen LogP contribution in [0.25, 0.3) is 16.8 Å². The highest BCUT2D eigenvalue weighted by atomic mass is 35.5. The van der Waals surface area contributed by atoms with Crippen LogP contribution in [0.3, 0.4) is 0 Å². The summed E-state index contributed by atoms with van der Waals surface area (Å²) in [5, 5.41) is 9.65. The molecule has 0 radical (unpaired) electrons. The van der Waals surface area contributed by atoms with Crippen molar-refractivity contribution in [1.82, 2.24) is 19.9 Å². The van der Waals surface area contributed by atoms with E-state index in [2.05, 4.69) is 20.7 Å². The lowest BCUT2D eigenvalue weighted by atomic mass is 9.87. The molecule has 0 bridgehead atoms. The van der Waals surface area contributed by atoms with Gasteiger partial charge in [0.1, 0.15) is 18.0 Å². The molecular formula is C31H19ClF5N5O2S. The molecule has 2 N–H and O–H groups in total. The maximum absolute atomic E-state index is 14.2. The number of carbonyl (C=O) groups is 2. The molecule has 0 saturated carbocycles. The zero-order valence-corrected chi connectivity index (χ0v) is 24.5. The highest BCUT2D eigenvalue weighted by molar-refractivity contribution is 7.81. The number of alkyl halides is 3. The van der Waals surface area contributed by atoms with Gasteiger partial charge >= 0.3 is 6.18 Å². The van der Waals surface area contributed by atoms with Gasteiger partial charge in [-0.1, -0.05) is 30.7 Å². The highest BCUT2D eigenvalue weighted by Gasteiger charge is 2.35. The Morgan fingerprint density at radius 2 is 1.82 bits per heavy atom. The molecule has 3 aromatic carbocycles. The summed E-state index contributed by atoms with van der Waals surface area (Å²) in [6.45, 7) is 1.89. The van der Waals surface area contributed by atoms with Crippen LogP contribution >= 0.6 is 23.8 Å². The molecule has 0 aliphatic carbocycles. The normalized spacial score (nSPS) is 14.8. The SMILES string of the molecule is CCc1c(-c2cc(NC(=O)c3cc(F)cc(C(F)(F)F)c3)c3c(c2)C(=O)N[C@H](c2cc(F)ccc2Cl)C3=S)ccc2ncnn12. The summed E-state index contributed by atoms with van der Waals surface area (Å²) < 4.78 is 70.3. The number of hydrogen-bond acceptors (Lipinski definition) is 5. The van der Waals surface area contributed by atoms with Crippen LogP contribution in [0.4, 0.5) is 27.6 Å². The lowest BCUT2D eigenvalue weighted by Crippen LogP contribution is -2.40. The third kappa shape index (κ3) is 5.53. The summed E-state index contributed by atoms with van der Waals surface area (Å²) >= 11 is 12.1. The number of nitrogens with zero attached hydrogens (tertiary/aromatic N) is 3. The monoisotopic (exact) mass is 655 g/mol. The van der Waals surface area contributed by atoms with E-state index in [1.165, 1.54) is 18.5 Å². The van der Waals surface area contributed by atoms with Gasteiger partial charge in [0.2, 0.25) is 0 Å². The molecule has 45 heavy (non-hydrogen) atoms. The fourth-order valence-corrected chi connectivity index (χ4v) is 5.97. The molecule has 5 aromatic rings. The van der Waals surface area contributed by atoms with Crippen molar-refractivity contribution >= 4 is 51.8 Å². The molecule has 14 heteroatoms. The van der Waals surface area contributed by atoms with Gasteiger partial charge in [-0.3, -0.25) is 9.59 Å². The first-order valence-electron chi connectivity index (χ1n) is 13.3. The summed E-state index contributed by atoms with van der Waals surface area (Å²) in [5.74, 6) is -3.62. The topological polar surface area (TPSA) is 88.4 Å². The maximum Gasteiger partial charge on any atom is 0.416 e. The molecule has 0 unspecified atom stereocenters. The van der Waals surface area contributed by atoms with Crippen LogP contribution in [-0.4, -0.2) is 31.3 Å². The Balaban J connectivity index is 1.54. The van der Waals surface area contributed by atoms with Crippen LogP contribution in [0.2, 0.25) is 5.02 Å². The van der Waals surface area contributed by atoms with E-state index in [9.17, 15) is 31.5 Å².